The first-order valence-electron chi connectivity index (χ1n) is 9.70. The van der Waals surface area contributed by atoms with Crippen molar-refractivity contribution in [1.29, 1.82) is 0 Å². The van der Waals surface area contributed by atoms with Crippen LogP contribution in [0.3, 0.4) is 0 Å². The zero-order valence-corrected chi connectivity index (χ0v) is 15.3. The monoisotopic (exact) mass is 346 g/mol. The van der Waals surface area contributed by atoms with E-state index in [2.05, 4.69) is 6.92 Å². The average molecular weight is 347 g/mol. The number of rotatable bonds is 17. The standard InChI is InChI=1S/C19H38O5/c1-2-3-4-5-6-7-8-9-10-16(12-14-19(23)24)11-13-17(21)18(22)15-20/h16-18,20-22H,2-15H2,1H3,(H,23,24). The highest BCUT2D eigenvalue weighted by Gasteiger charge is 2.18. The van der Waals surface area contributed by atoms with Crippen LogP contribution in [0.5, 0.6) is 0 Å². The fraction of sp³-hybridized carbons (Fsp3) is 0.947. The number of aliphatic carboxylic acids is 1. The van der Waals surface area contributed by atoms with Crippen molar-refractivity contribution in [3.63, 3.8) is 0 Å². The molecule has 0 aliphatic carbocycles. The first kappa shape index (κ1) is 23.4. The second-order valence-corrected chi connectivity index (χ2v) is 6.96. The van der Waals surface area contributed by atoms with E-state index in [-0.39, 0.29) is 12.3 Å². The first-order valence-corrected chi connectivity index (χ1v) is 9.70. The van der Waals surface area contributed by atoms with Crippen LogP contribution in [0.4, 0.5) is 0 Å². The van der Waals surface area contributed by atoms with Gasteiger partial charge >= 0.3 is 5.97 Å². The molecule has 4 N–H and O–H groups in total. The van der Waals surface area contributed by atoms with Crippen LogP contribution in [0.25, 0.3) is 0 Å². The Balaban J connectivity index is 3.93. The molecule has 5 heteroatoms. The van der Waals surface area contributed by atoms with E-state index in [1.54, 1.807) is 0 Å². The molecular weight excluding hydrogens is 308 g/mol. The molecule has 0 saturated carbocycles. The van der Waals surface area contributed by atoms with Crippen molar-refractivity contribution in [3.8, 4) is 0 Å². The first-order chi connectivity index (χ1) is 11.5. The molecular formula is C19H38O5. The number of hydrogen-bond donors (Lipinski definition) is 4. The molecule has 0 amide bonds. The van der Waals surface area contributed by atoms with E-state index in [0.29, 0.717) is 19.3 Å². The lowest BCUT2D eigenvalue weighted by Crippen LogP contribution is -2.29. The minimum absolute atomic E-state index is 0.153. The quantitative estimate of drug-likeness (QED) is 0.302. The highest BCUT2D eigenvalue weighted by Crippen LogP contribution is 2.23. The summed E-state index contributed by atoms with van der Waals surface area (Å²) >= 11 is 0. The zero-order valence-electron chi connectivity index (χ0n) is 15.3. The van der Waals surface area contributed by atoms with Gasteiger partial charge in [0.2, 0.25) is 0 Å². The third kappa shape index (κ3) is 13.8. The van der Waals surface area contributed by atoms with Gasteiger partial charge in [0.1, 0.15) is 6.10 Å². The molecule has 3 atom stereocenters. The molecule has 0 rings (SSSR count). The van der Waals surface area contributed by atoms with Crippen molar-refractivity contribution < 1.29 is 25.2 Å². The lowest BCUT2D eigenvalue weighted by Gasteiger charge is -2.20. The van der Waals surface area contributed by atoms with Gasteiger partial charge in [-0.15, -0.1) is 0 Å². The molecule has 0 bridgehead atoms. The fourth-order valence-corrected chi connectivity index (χ4v) is 3.05. The van der Waals surface area contributed by atoms with Gasteiger partial charge in [-0.25, -0.2) is 0 Å². The number of unbranched alkanes of at least 4 members (excludes halogenated alkanes) is 7. The maximum absolute atomic E-state index is 10.8. The van der Waals surface area contributed by atoms with Crippen molar-refractivity contribution in [3.05, 3.63) is 0 Å². The SMILES string of the molecule is CCCCCCCCCCC(CCC(=O)O)CCC(O)C(O)CO. The average Bonchev–Trinajstić information content (AvgIpc) is 2.57. The highest BCUT2D eigenvalue weighted by atomic mass is 16.4. The number of carboxylic acid groups (broad SMARTS) is 1. The van der Waals surface area contributed by atoms with Gasteiger partial charge in [0.25, 0.3) is 0 Å². The second kappa shape index (κ2) is 15.9. The minimum atomic E-state index is -1.10. The molecule has 0 spiro atoms. The van der Waals surface area contributed by atoms with Crippen molar-refractivity contribution in [2.24, 2.45) is 5.92 Å². The largest absolute Gasteiger partial charge is 0.481 e. The molecule has 0 aromatic heterocycles. The summed E-state index contributed by atoms with van der Waals surface area (Å²) in [6.45, 7) is 1.77. The van der Waals surface area contributed by atoms with Crippen molar-refractivity contribution in [2.45, 2.75) is 103 Å². The third-order valence-electron chi connectivity index (χ3n) is 4.73. The lowest BCUT2D eigenvalue weighted by atomic mass is 9.89. The molecule has 5 nitrogen and oxygen atoms in total. The van der Waals surface area contributed by atoms with Crippen LogP contribution in [-0.4, -0.2) is 45.2 Å². The summed E-state index contributed by atoms with van der Waals surface area (Å²) in [6, 6.07) is 0. The van der Waals surface area contributed by atoms with Crippen molar-refractivity contribution in [2.75, 3.05) is 6.61 Å². The summed E-state index contributed by atoms with van der Waals surface area (Å²) in [5.74, 6) is -0.520. The van der Waals surface area contributed by atoms with Crippen LogP contribution in [-0.2, 0) is 4.79 Å². The van der Waals surface area contributed by atoms with Crippen molar-refractivity contribution >= 4 is 5.97 Å². The number of hydrogen-bond acceptors (Lipinski definition) is 4. The van der Waals surface area contributed by atoms with Gasteiger partial charge in [0, 0.05) is 6.42 Å². The summed E-state index contributed by atoms with van der Waals surface area (Å²) in [6.07, 6.45) is 10.8. The Kier molecular flexibility index (Phi) is 15.4. The smallest absolute Gasteiger partial charge is 0.303 e. The molecule has 24 heavy (non-hydrogen) atoms. The maximum atomic E-state index is 10.8. The molecule has 144 valence electrons. The predicted molar refractivity (Wildman–Crippen MR) is 95.9 cm³/mol. The molecule has 0 aromatic rings. The van der Waals surface area contributed by atoms with E-state index in [9.17, 15) is 15.0 Å². The minimum Gasteiger partial charge on any atom is -0.481 e. The van der Waals surface area contributed by atoms with E-state index in [4.69, 9.17) is 10.2 Å². The van der Waals surface area contributed by atoms with Gasteiger partial charge in [-0.3, -0.25) is 4.79 Å². The topological polar surface area (TPSA) is 98.0 Å². The molecule has 0 heterocycles. The number of carboxylic acids is 1. The van der Waals surface area contributed by atoms with Gasteiger partial charge < -0.3 is 20.4 Å². The Bertz CT molecular complexity index is 295. The number of carbonyl (C=O) groups is 1. The van der Waals surface area contributed by atoms with E-state index < -0.39 is 24.8 Å². The van der Waals surface area contributed by atoms with Crippen LogP contribution in [0.2, 0.25) is 0 Å². The maximum Gasteiger partial charge on any atom is 0.303 e. The Hall–Kier alpha value is -0.650. The number of aliphatic hydroxyl groups is 3. The zero-order chi connectivity index (χ0) is 18.2. The van der Waals surface area contributed by atoms with E-state index in [1.165, 1.54) is 44.9 Å². The van der Waals surface area contributed by atoms with Gasteiger partial charge in [-0.2, -0.15) is 0 Å². The fourth-order valence-electron chi connectivity index (χ4n) is 3.05. The summed E-state index contributed by atoms with van der Waals surface area (Å²) in [4.78, 5) is 10.8. The molecule has 0 fully saturated rings. The summed E-state index contributed by atoms with van der Waals surface area (Å²) in [7, 11) is 0. The van der Waals surface area contributed by atoms with E-state index in [1.807, 2.05) is 0 Å². The summed E-state index contributed by atoms with van der Waals surface area (Å²) in [5, 5.41) is 36.8. The normalized spacial score (nSPS) is 15.2. The molecule has 0 saturated heterocycles. The summed E-state index contributed by atoms with van der Waals surface area (Å²) in [5.41, 5.74) is 0. The second-order valence-electron chi connectivity index (χ2n) is 6.96. The molecule has 0 aliphatic heterocycles. The highest BCUT2D eigenvalue weighted by molar-refractivity contribution is 5.66. The summed E-state index contributed by atoms with van der Waals surface area (Å²) < 4.78 is 0. The van der Waals surface area contributed by atoms with Crippen LogP contribution in [0.1, 0.15) is 90.4 Å². The third-order valence-corrected chi connectivity index (χ3v) is 4.73. The Labute approximate surface area is 147 Å². The lowest BCUT2D eigenvalue weighted by molar-refractivity contribution is -0.137. The van der Waals surface area contributed by atoms with Gasteiger partial charge in [0.05, 0.1) is 12.7 Å². The molecule has 0 radical (unpaired) electrons. The van der Waals surface area contributed by atoms with E-state index in [0.717, 1.165) is 12.8 Å². The van der Waals surface area contributed by atoms with Gasteiger partial charge in [0.15, 0.2) is 0 Å². The molecule has 0 aromatic carbocycles. The Morgan fingerprint density at radius 1 is 0.792 bits per heavy atom. The van der Waals surface area contributed by atoms with Gasteiger partial charge in [-0.05, 0) is 25.2 Å². The molecule has 3 unspecified atom stereocenters. The Morgan fingerprint density at radius 3 is 1.92 bits per heavy atom. The van der Waals surface area contributed by atoms with Gasteiger partial charge in [-0.1, -0.05) is 64.7 Å². The molecule has 0 aliphatic rings. The van der Waals surface area contributed by atoms with Crippen molar-refractivity contribution in [1.82, 2.24) is 0 Å². The Morgan fingerprint density at radius 2 is 1.38 bits per heavy atom. The van der Waals surface area contributed by atoms with Crippen LogP contribution in [0, 0.1) is 5.92 Å². The predicted octanol–water partition coefficient (Wildman–Crippen LogP) is 3.49. The van der Waals surface area contributed by atoms with E-state index >= 15 is 0 Å². The van der Waals surface area contributed by atoms with Crippen LogP contribution in [0.15, 0.2) is 0 Å². The van der Waals surface area contributed by atoms with Crippen LogP contribution < -0.4 is 0 Å². The van der Waals surface area contributed by atoms with Crippen LogP contribution >= 0.6 is 0 Å². The number of aliphatic hydroxyl groups excluding tert-OH is 3.